The largest absolute Gasteiger partial charge is 0.391 e. The summed E-state index contributed by atoms with van der Waals surface area (Å²) < 4.78 is 0. The van der Waals surface area contributed by atoms with Crippen LogP contribution >= 0.6 is 11.6 Å². The molecule has 1 fully saturated rings. The molecular weight excluding hydrogens is 242 g/mol. The van der Waals surface area contributed by atoms with Gasteiger partial charge in [0.1, 0.15) is 5.82 Å². The molecule has 2 aromatic rings. The summed E-state index contributed by atoms with van der Waals surface area (Å²) >= 11 is 5.80. The third kappa shape index (κ3) is 2.18. The Labute approximate surface area is 102 Å². The number of hydrogen-bond acceptors (Lipinski definition) is 5. The minimum atomic E-state index is -0.328. The molecule has 3 rings (SSSR count). The van der Waals surface area contributed by atoms with Crippen molar-refractivity contribution in [3.8, 4) is 0 Å². The van der Waals surface area contributed by atoms with E-state index in [2.05, 4.69) is 25.5 Å². The first-order chi connectivity index (χ1) is 8.24. The number of H-pyrrole nitrogens is 1. The predicted octanol–water partition coefficient (Wildman–Crippen LogP) is 1.19. The Morgan fingerprint density at radius 3 is 3.12 bits per heavy atom. The number of hydrogen-bond donors (Lipinski definition) is 3. The van der Waals surface area contributed by atoms with Crippen molar-refractivity contribution in [3.63, 3.8) is 0 Å². The summed E-state index contributed by atoms with van der Waals surface area (Å²) in [6, 6.07) is 0. The zero-order valence-corrected chi connectivity index (χ0v) is 9.78. The first-order valence-electron chi connectivity index (χ1n) is 5.52. The molecule has 0 bridgehead atoms. The van der Waals surface area contributed by atoms with Crippen LogP contribution in [0.15, 0.2) is 6.20 Å². The van der Waals surface area contributed by atoms with Crippen LogP contribution in [-0.4, -0.2) is 37.9 Å². The van der Waals surface area contributed by atoms with E-state index in [0.717, 1.165) is 18.2 Å². The van der Waals surface area contributed by atoms with Gasteiger partial charge in [-0.05, 0) is 30.4 Å². The molecule has 1 saturated carbocycles. The maximum Gasteiger partial charge on any atom is 0.226 e. The van der Waals surface area contributed by atoms with Gasteiger partial charge in [-0.15, -0.1) is 0 Å². The summed E-state index contributed by atoms with van der Waals surface area (Å²) in [6.45, 7) is 0.471. The number of nitrogens with zero attached hydrogens (tertiary/aromatic N) is 3. The Bertz CT molecular complexity index is 538. The van der Waals surface area contributed by atoms with Gasteiger partial charge < -0.3 is 10.4 Å². The summed E-state index contributed by atoms with van der Waals surface area (Å²) in [6.07, 6.45) is 3.52. The third-order valence-corrected chi connectivity index (χ3v) is 3.10. The molecule has 90 valence electrons. The highest BCUT2D eigenvalue weighted by atomic mass is 35.5. The number of aliphatic hydroxyl groups excluding tert-OH is 1. The molecule has 1 atom stereocenters. The van der Waals surface area contributed by atoms with Crippen LogP contribution in [0.1, 0.15) is 12.8 Å². The number of nitrogens with one attached hydrogen (secondary N) is 2. The Morgan fingerprint density at radius 1 is 1.53 bits per heavy atom. The van der Waals surface area contributed by atoms with Crippen LogP contribution in [0.4, 0.5) is 5.82 Å². The summed E-state index contributed by atoms with van der Waals surface area (Å²) in [4.78, 5) is 8.10. The fraction of sp³-hybridized carbons (Fsp3) is 0.500. The van der Waals surface area contributed by atoms with Crippen molar-refractivity contribution >= 4 is 28.5 Å². The van der Waals surface area contributed by atoms with Gasteiger partial charge in [0, 0.05) is 6.54 Å². The van der Waals surface area contributed by atoms with Crippen LogP contribution in [0.5, 0.6) is 0 Å². The number of anilines is 1. The summed E-state index contributed by atoms with van der Waals surface area (Å²) in [5.74, 6) is 1.04. The zero-order valence-electron chi connectivity index (χ0n) is 9.02. The van der Waals surface area contributed by atoms with Crippen molar-refractivity contribution in [1.29, 1.82) is 0 Å². The van der Waals surface area contributed by atoms with Crippen molar-refractivity contribution in [2.45, 2.75) is 18.9 Å². The normalized spacial score (nSPS) is 17.3. The smallest absolute Gasteiger partial charge is 0.226 e. The highest BCUT2D eigenvalue weighted by molar-refractivity contribution is 6.28. The van der Waals surface area contributed by atoms with E-state index in [-0.39, 0.29) is 11.4 Å². The fourth-order valence-electron chi connectivity index (χ4n) is 1.79. The Morgan fingerprint density at radius 2 is 2.35 bits per heavy atom. The van der Waals surface area contributed by atoms with Crippen LogP contribution in [0.3, 0.4) is 0 Å². The second-order valence-electron chi connectivity index (χ2n) is 4.26. The Balaban J connectivity index is 1.80. The van der Waals surface area contributed by atoms with Gasteiger partial charge in [-0.25, -0.2) is 0 Å². The lowest BCUT2D eigenvalue weighted by atomic mass is 10.2. The molecule has 0 amide bonds. The second kappa shape index (κ2) is 4.12. The van der Waals surface area contributed by atoms with Gasteiger partial charge in [0.2, 0.25) is 5.28 Å². The third-order valence-electron chi connectivity index (χ3n) is 2.93. The molecule has 0 aromatic carbocycles. The average molecular weight is 254 g/mol. The molecule has 1 aliphatic carbocycles. The lowest BCUT2D eigenvalue weighted by Crippen LogP contribution is -2.21. The van der Waals surface area contributed by atoms with Gasteiger partial charge in [-0.1, -0.05) is 0 Å². The van der Waals surface area contributed by atoms with E-state index in [0.29, 0.717) is 23.9 Å². The number of rotatable bonds is 4. The first-order valence-corrected chi connectivity index (χ1v) is 5.90. The van der Waals surface area contributed by atoms with Crippen LogP contribution in [-0.2, 0) is 0 Å². The van der Waals surface area contributed by atoms with E-state index in [9.17, 15) is 5.11 Å². The van der Waals surface area contributed by atoms with Gasteiger partial charge in [-0.2, -0.15) is 15.1 Å². The van der Waals surface area contributed by atoms with Crippen molar-refractivity contribution in [2.75, 3.05) is 11.9 Å². The van der Waals surface area contributed by atoms with Crippen LogP contribution < -0.4 is 5.32 Å². The van der Waals surface area contributed by atoms with Crippen molar-refractivity contribution in [2.24, 2.45) is 5.92 Å². The molecule has 2 aromatic heterocycles. The van der Waals surface area contributed by atoms with Gasteiger partial charge in [0.25, 0.3) is 0 Å². The van der Waals surface area contributed by atoms with E-state index < -0.39 is 0 Å². The van der Waals surface area contributed by atoms with Gasteiger partial charge in [0.15, 0.2) is 5.65 Å². The molecule has 1 aliphatic rings. The Hall–Kier alpha value is -1.40. The molecule has 6 nitrogen and oxygen atoms in total. The number of halogens is 1. The molecular formula is C10H12ClN5O. The zero-order chi connectivity index (χ0) is 11.8. The maximum atomic E-state index is 9.78. The Kier molecular flexibility index (Phi) is 2.60. The minimum absolute atomic E-state index is 0.158. The fourth-order valence-corrected chi connectivity index (χ4v) is 1.96. The maximum absolute atomic E-state index is 9.78. The van der Waals surface area contributed by atoms with E-state index in [1.54, 1.807) is 6.20 Å². The summed E-state index contributed by atoms with van der Waals surface area (Å²) in [5, 5.41) is 20.4. The average Bonchev–Trinajstić information content (AvgIpc) is 3.05. The van der Waals surface area contributed by atoms with E-state index in [1.165, 1.54) is 0 Å². The standard InChI is InChI=1S/C10H12ClN5O/c11-10-14-8(6-3-13-16-9(6)15-10)12-4-7(17)5-1-2-5/h3,5,7,17H,1-2,4H2,(H2,12,13,14,15,16). The van der Waals surface area contributed by atoms with E-state index >= 15 is 0 Å². The second-order valence-corrected chi connectivity index (χ2v) is 4.60. The van der Waals surface area contributed by atoms with E-state index in [1.807, 2.05) is 0 Å². The molecule has 0 saturated heterocycles. The minimum Gasteiger partial charge on any atom is -0.391 e. The summed E-state index contributed by atoms with van der Waals surface area (Å²) in [5.41, 5.74) is 0.591. The highest BCUT2D eigenvalue weighted by Crippen LogP contribution is 2.32. The SMILES string of the molecule is OC(CNc1nc(Cl)nc2[nH]ncc12)C1CC1. The molecule has 17 heavy (non-hydrogen) atoms. The van der Waals surface area contributed by atoms with Crippen LogP contribution in [0.2, 0.25) is 5.28 Å². The monoisotopic (exact) mass is 253 g/mol. The highest BCUT2D eigenvalue weighted by Gasteiger charge is 2.29. The van der Waals surface area contributed by atoms with E-state index in [4.69, 9.17) is 11.6 Å². The molecule has 0 radical (unpaired) electrons. The molecule has 7 heteroatoms. The van der Waals surface area contributed by atoms with Crippen molar-refractivity contribution < 1.29 is 5.11 Å². The summed E-state index contributed by atoms with van der Waals surface area (Å²) in [7, 11) is 0. The van der Waals surface area contributed by atoms with Crippen molar-refractivity contribution in [1.82, 2.24) is 20.2 Å². The number of aromatic amines is 1. The lowest BCUT2D eigenvalue weighted by molar-refractivity contribution is 0.164. The van der Waals surface area contributed by atoms with Crippen molar-refractivity contribution in [3.05, 3.63) is 11.5 Å². The molecule has 0 spiro atoms. The quantitative estimate of drug-likeness (QED) is 0.713. The molecule has 3 N–H and O–H groups in total. The molecule has 0 aliphatic heterocycles. The van der Waals surface area contributed by atoms with Gasteiger partial charge >= 0.3 is 0 Å². The lowest BCUT2D eigenvalue weighted by Gasteiger charge is -2.11. The number of aromatic nitrogens is 4. The van der Waals surface area contributed by atoms with Crippen LogP contribution in [0.25, 0.3) is 11.0 Å². The number of fused-ring (bicyclic) bond motifs is 1. The molecule has 2 heterocycles. The topological polar surface area (TPSA) is 86.7 Å². The van der Waals surface area contributed by atoms with Crippen LogP contribution in [0, 0.1) is 5.92 Å². The molecule has 1 unspecified atom stereocenters. The predicted molar refractivity (Wildman–Crippen MR) is 63.9 cm³/mol. The van der Waals surface area contributed by atoms with Gasteiger partial charge in [0.05, 0.1) is 17.7 Å². The first kappa shape index (κ1) is 10.7. The van der Waals surface area contributed by atoms with Gasteiger partial charge in [-0.3, -0.25) is 5.10 Å². The number of aliphatic hydroxyl groups is 1.